The van der Waals surface area contributed by atoms with Crippen molar-refractivity contribution in [3.8, 4) is 0 Å². The molecule has 0 fully saturated rings. The molecule has 0 aromatic heterocycles. The molecule has 0 bridgehead atoms. The minimum Gasteiger partial charge on any atom is -0.478 e. The third-order valence-corrected chi connectivity index (χ3v) is 3.40. The summed E-state index contributed by atoms with van der Waals surface area (Å²) in [6.07, 6.45) is 4.19. The van der Waals surface area contributed by atoms with Crippen LogP contribution in [0.15, 0.2) is 60.7 Å². The molecule has 3 N–H and O–H groups in total. The second-order valence-electron chi connectivity index (χ2n) is 5.55. The van der Waals surface area contributed by atoms with E-state index in [4.69, 9.17) is 15.3 Å². The largest absolute Gasteiger partial charge is 0.478 e. The molecule has 0 aliphatic rings. The molecule has 142 valence electrons. The first-order valence-corrected chi connectivity index (χ1v) is 8.67. The van der Waals surface area contributed by atoms with Gasteiger partial charge in [-0.05, 0) is 37.1 Å². The molecule has 5 heteroatoms. The Kier molecular flexibility index (Phi) is 13.2. The highest BCUT2D eigenvalue weighted by Gasteiger charge is 1.97. The molecule has 0 saturated carbocycles. The molecule has 5 nitrogen and oxygen atoms in total. The fourth-order valence-corrected chi connectivity index (χ4v) is 1.81. The molecule has 0 amide bonds. The predicted molar refractivity (Wildman–Crippen MR) is 103 cm³/mol. The number of aromatic carboxylic acids is 2. The van der Waals surface area contributed by atoms with Crippen molar-refractivity contribution in [1.82, 2.24) is 0 Å². The van der Waals surface area contributed by atoms with E-state index in [1.165, 1.54) is 6.42 Å². The first kappa shape index (κ1) is 23.3. The van der Waals surface area contributed by atoms with Crippen LogP contribution < -0.4 is 0 Å². The van der Waals surface area contributed by atoms with Gasteiger partial charge in [0.15, 0.2) is 0 Å². The Hall–Kier alpha value is -2.66. The molecular formula is C21H28O5. The number of aliphatic hydroxyl groups is 1. The minimum absolute atomic E-state index is 0.0463. The van der Waals surface area contributed by atoms with Crippen LogP contribution in [-0.2, 0) is 0 Å². The second kappa shape index (κ2) is 14.7. The lowest BCUT2D eigenvalue weighted by Gasteiger charge is -2.03. The van der Waals surface area contributed by atoms with Crippen LogP contribution in [0.4, 0.5) is 0 Å². The van der Waals surface area contributed by atoms with Crippen molar-refractivity contribution in [2.24, 2.45) is 0 Å². The van der Waals surface area contributed by atoms with E-state index < -0.39 is 11.9 Å². The number of rotatable bonds is 6. The van der Waals surface area contributed by atoms with Gasteiger partial charge in [-0.1, -0.05) is 63.1 Å². The standard InChI is InChI=1S/2C7H6O2.C7H16O/c2*8-7(9)6-4-2-1-3-5-6;1-3-5-6-7(8)4-2/h2*1-5H,(H,8,9);7-8H,3-6H2,1-2H3. The molecule has 0 heterocycles. The summed E-state index contributed by atoms with van der Waals surface area (Å²) in [4.78, 5) is 20.4. The lowest BCUT2D eigenvalue weighted by atomic mass is 10.1. The van der Waals surface area contributed by atoms with Crippen molar-refractivity contribution >= 4 is 11.9 Å². The van der Waals surface area contributed by atoms with Gasteiger partial charge in [-0.2, -0.15) is 0 Å². The predicted octanol–water partition coefficient (Wildman–Crippen LogP) is 4.72. The van der Waals surface area contributed by atoms with Gasteiger partial charge in [0.2, 0.25) is 0 Å². The van der Waals surface area contributed by atoms with Crippen LogP contribution in [0.3, 0.4) is 0 Å². The van der Waals surface area contributed by atoms with E-state index in [0.29, 0.717) is 11.1 Å². The summed E-state index contributed by atoms with van der Waals surface area (Å²) in [7, 11) is 0. The highest BCUT2D eigenvalue weighted by molar-refractivity contribution is 5.87. The Labute approximate surface area is 154 Å². The highest BCUT2D eigenvalue weighted by atomic mass is 16.4. The maximum absolute atomic E-state index is 10.2. The lowest BCUT2D eigenvalue weighted by molar-refractivity contribution is 0.0686. The van der Waals surface area contributed by atoms with Gasteiger partial charge in [-0.3, -0.25) is 0 Å². The fourth-order valence-electron chi connectivity index (χ4n) is 1.81. The van der Waals surface area contributed by atoms with E-state index in [0.717, 1.165) is 19.3 Å². The summed E-state index contributed by atoms with van der Waals surface area (Å²) in [5, 5.41) is 25.8. The third-order valence-electron chi connectivity index (χ3n) is 3.40. The molecule has 2 aromatic rings. The van der Waals surface area contributed by atoms with Gasteiger partial charge in [0.1, 0.15) is 0 Å². The van der Waals surface area contributed by atoms with Gasteiger partial charge >= 0.3 is 11.9 Å². The normalized spacial score (nSPS) is 10.4. The van der Waals surface area contributed by atoms with Crippen molar-refractivity contribution in [3.05, 3.63) is 71.8 Å². The fraction of sp³-hybridized carbons (Fsp3) is 0.333. The van der Waals surface area contributed by atoms with Crippen LogP contribution in [0.2, 0.25) is 0 Å². The van der Waals surface area contributed by atoms with E-state index in [1.807, 2.05) is 6.92 Å². The molecule has 1 unspecified atom stereocenters. The number of benzene rings is 2. The van der Waals surface area contributed by atoms with Gasteiger partial charge in [-0.25, -0.2) is 9.59 Å². The summed E-state index contributed by atoms with van der Waals surface area (Å²) in [6, 6.07) is 16.6. The average molecular weight is 360 g/mol. The SMILES string of the molecule is CCCCC(O)CC.O=C(O)c1ccccc1.O=C(O)c1ccccc1. The van der Waals surface area contributed by atoms with Gasteiger partial charge in [0.05, 0.1) is 17.2 Å². The molecule has 2 rings (SSSR count). The highest BCUT2D eigenvalue weighted by Crippen LogP contribution is 2.02. The zero-order chi connectivity index (χ0) is 19.8. The quantitative estimate of drug-likeness (QED) is 0.693. The molecule has 1 atom stereocenters. The first-order valence-electron chi connectivity index (χ1n) is 8.67. The number of hydrogen-bond acceptors (Lipinski definition) is 3. The molecule has 2 aromatic carbocycles. The van der Waals surface area contributed by atoms with Crippen molar-refractivity contribution in [3.63, 3.8) is 0 Å². The number of unbranched alkanes of at least 4 members (excludes halogenated alkanes) is 1. The third kappa shape index (κ3) is 11.8. The molecule has 0 saturated heterocycles. The average Bonchev–Trinajstić information content (AvgIpc) is 2.68. The summed E-state index contributed by atoms with van der Waals surface area (Å²) in [5.41, 5.74) is 0.662. The van der Waals surface area contributed by atoms with Crippen LogP contribution in [-0.4, -0.2) is 33.4 Å². The minimum atomic E-state index is -0.879. The molecule has 26 heavy (non-hydrogen) atoms. The van der Waals surface area contributed by atoms with Crippen LogP contribution >= 0.6 is 0 Å². The Morgan fingerprint density at radius 3 is 1.42 bits per heavy atom. The number of aliphatic hydroxyl groups excluding tert-OH is 1. The van der Waals surface area contributed by atoms with Crippen LogP contribution in [0.5, 0.6) is 0 Å². The summed E-state index contributed by atoms with van der Waals surface area (Å²) < 4.78 is 0. The first-order chi connectivity index (χ1) is 12.4. The van der Waals surface area contributed by atoms with Crippen molar-refractivity contribution < 1.29 is 24.9 Å². The summed E-state index contributed by atoms with van der Waals surface area (Å²) in [5.74, 6) is -1.76. The monoisotopic (exact) mass is 360 g/mol. The van der Waals surface area contributed by atoms with Gasteiger partial charge in [-0.15, -0.1) is 0 Å². The number of hydrogen-bond donors (Lipinski definition) is 3. The number of carbonyl (C=O) groups is 2. The van der Waals surface area contributed by atoms with Gasteiger partial charge < -0.3 is 15.3 Å². The molecule has 0 radical (unpaired) electrons. The Morgan fingerprint density at radius 1 is 0.808 bits per heavy atom. The summed E-state index contributed by atoms with van der Waals surface area (Å²) in [6.45, 7) is 4.16. The van der Waals surface area contributed by atoms with Gasteiger partial charge in [0, 0.05) is 0 Å². The summed E-state index contributed by atoms with van der Waals surface area (Å²) >= 11 is 0. The number of carboxylic acid groups (broad SMARTS) is 2. The molecule has 0 spiro atoms. The van der Waals surface area contributed by atoms with Crippen LogP contribution in [0.25, 0.3) is 0 Å². The van der Waals surface area contributed by atoms with Crippen molar-refractivity contribution in [2.45, 2.75) is 45.6 Å². The van der Waals surface area contributed by atoms with E-state index in [2.05, 4.69) is 6.92 Å². The van der Waals surface area contributed by atoms with E-state index in [9.17, 15) is 9.59 Å². The maximum Gasteiger partial charge on any atom is 0.335 e. The maximum atomic E-state index is 10.2. The van der Waals surface area contributed by atoms with Crippen LogP contribution in [0.1, 0.15) is 60.2 Å². The Balaban J connectivity index is 0.000000362. The van der Waals surface area contributed by atoms with Crippen molar-refractivity contribution in [1.29, 1.82) is 0 Å². The van der Waals surface area contributed by atoms with Crippen molar-refractivity contribution in [2.75, 3.05) is 0 Å². The molecule has 0 aliphatic heterocycles. The van der Waals surface area contributed by atoms with E-state index in [1.54, 1.807) is 60.7 Å². The smallest absolute Gasteiger partial charge is 0.335 e. The van der Waals surface area contributed by atoms with E-state index >= 15 is 0 Å². The zero-order valence-electron chi connectivity index (χ0n) is 15.3. The van der Waals surface area contributed by atoms with E-state index in [-0.39, 0.29) is 6.10 Å². The van der Waals surface area contributed by atoms with Gasteiger partial charge in [0.25, 0.3) is 0 Å². The molecule has 0 aliphatic carbocycles. The molecular weight excluding hydrogens is 332 g/mol. The van der Waals surface area contributed by atoms with Crippen LogP contribution in [0, 0.1) is 0 Å². The lowest BCUT2D eigenvalue weighted by Crippen LogP contribution is -2.02. The zero-order valence-corrected chi connectivity index (χ0v) is 15.3. The Bertz CT molecular complexity index is 561. The Morgan fingerprint density at radius 2 is 1.19 bits per heavy atom. The topological polar surface area (TPSA) is 94.8 Å². The second-order valence-corrected chi connectivity index (χ2v) is 5.55. The number of carboxylic acids is 2.